The van der Waals surface area contributed by atoms with Gasteiger partial charge in [-0.25, -0.2) is 0 Å². The van der Waals surface area contributed by atoms with Gasteiger partial charge in [0.05, 0.1) is 6.61 Å². The molecular weight excluding hydrogens is 813 g/mol. The van der Waals surface area contributed by atoms with Crippen LogP contribution >= 0.6 is 0 Å². The van der Waals surface area contributed by atoms with Crippen molar-refractivity contribution >= 4 is 11.9 Å². The molecule has 0 rings (SSSR count). The Morgan fingerprint density at radius 3 is 1.09 bits per heavy atom. The van der Waals surface area contributed by atoms with E-state index in [0.29, 0.717) is 19.4 Å². The Hall–Kier alpha value is -3.18. The molecule has 0 saturated carbocycles. The summed E-state index contributed by atoms with van der Waals surface area (Å²) in [5, 5.41) is 0. The van der Waals surface area contributed by atoms with E-state index in [0.717, 1.165) is 103 Å². The van der Waals surface area contributed by atoms with Crippen LogP contribution in [0.25, 0.3) is 0 Å². The van der Waals surface area contributed by atoms with Crippen LogP contribution < -0.4 is 0 Å². The van der Waals surface area contributed by atoms with Crippen LogP contribution in [-0.4, -0.2) is 37.9 Å². The fraction of sp³-hybridized carbons (Fsp3) is 0.705. The summed E-state index contributed by atoms with van der Waals surface area (Å²) >= 11 is 0. The Kier molecular flexibility index (Phi) is 53.4. The highest BCUT2D eigenvalue weighted by molar-refractivity contribution is 5.70. The van der Waals surface area contributed by atoms with E-state index >= 15 is 0 Å². The molecule has 378 valence electrons. The van der Waals surface area contributed by atoms with Gasteiger partial charge in [0.2, 0.25) is 0 Å². The number of ether oxygens (including phenoxy) is 3. The molecule has 0 N–H and O–H groups in total. The zero-order valence-corrected chi connectivity index (χ0v) is 43.4. The Balaban J connectivity index is 4.37. The fourth-order valence-electron chi connectivity index (χ4n) is 7.44. The predicted molar refractivity (Wildman–Crippen MR) is 288 cm³/mol. The second-order valence-corrected chi connectivity index (χ2v) is 18.1. The molecule has 0 saturated heterocycles. The third kappa shape index (κ3) is 53.4. The molecule has 0 aromatic heterocycles. The quantitative estimate of drug-likeness (QED) is 0.0346. The molecule has 0 aliphatic heterocycles. The highest BCUT2D eigenvalue weighted by Gasteiger charge is 2.17. The molecule has 66 heavy (non-hydrogen) atoms. The largest absolute Gasteiger partial charge is 0.462 e. The molecule has 0 aliphatic carbocycles. The number of allylic oxidation sites excluding steroid dienone is 16. The Morgan fingerprint density at radius 1 is 0.348 bits per heavy atom. The molecule has 0 aliphatic rings. The summed E-state index contributed by atoms with van der Waals surface area (Å²) in [5.41, 5.74) is 0. The van der Waals surface area contributed by atoms with Gasteiger partial charge in [-0.2, -0.15) is 0 Å². The smallest absolute Gasteiger partial charge is 0.306 e. The Morgan fingerprint density at radius 2 is 0.682 bits per heavy atom. The van der Waals surface area contributed by atoms with Crippen LogP contribution in [0.4, 0.5) is 0 Å². The summed E-state index contributed by atoms with van der Waals surface area (Å²) in [4.78, 5) is 25.5. The first-order valence-corrected chi connectivity index (χ1v) is 27.8. The van der Waals surface area contributed by atoms with Gasteiger partial charge < -0.3 is 14.2 Å². The molecule has 0 spiro atoms. The van der Waals surface area contributed by atoms with E-state index in [-0.39, 0.29) is 25.2 Å². The topological polar surface area (TPSA) is 61.8 Å². The molecule has 0 heterocycles. The Bertz CT molecular complexity index is 1270. The lowest BCUT2D eigenvalue weighted by atomic mass is 10.1. The molecular formula is C61H104O5. The van der Waals surface area contributed by atoms with E-state index in [9.17, 15) is 9.59 Å². The van der Waals surface area contributed by atoms with Crippen LogP contribution in [0.5, 0.6) is 0 Å². The van der Waals surface area contributed by atoms with E-state index < -0.39 is 6.10 Å². The van der Waals surface area contributed by atoms with Crippen molar-refractivity contribution in [2.45, 2.75) is 258 Å². The second-order valence-electron chi connectivity index (χ2n) is 18.1. The predicted octanol–water partition coefficient (Wildman–Crippen LogP) is 19.0. The highest BCUT2D eigenvalue weighted by atomic mass is 16.6. The minimum atomic E-state index is -0.562. The van der Waals surface area contributed by atoms with Gasteiger partial charge in [0.1, 0.15) is 6.61 Å². The molecule has 5 heteroatoms. The SMILES string of the molecule is CC/C=C\C/C=C\C/C=C\C/C=C\CCCCCCC(=O)OCC(COCCCCCCCC/C=C\C/C=C\CCCCC)OC(=O)CCCCCCCCC/C=C\C/C=C\CCCCC. The summed E-state index contributed by atoms with van der Waals surface area (Å²) in [6.45, 7) is 7.62. The molecule has 1 atom stereocenters. The Labute approximate surface area is 409 Å². The average molecular weight is 917 g/mol. The fourth-order valence-corrected chi connectivity index (χ4v) is 7.44. The van der Waals surface area contributed by atoms with Crippen LogP contribution in [0, 0.1) is 0 Å². The van der Waals surface area contributed by atoms with E-state index in [4.69, 9.17) is 14.2 Å². The lowest BCUT2D eigenvalue weighted by Gasteiger charge is -2.18. The van der Waals surface area contributed by atoms with Crippen molar-refractivity contribution in [1.29, 1.82) is 0 Å². The lowest BCUT2D eigenvalue weighted by molar-refractivity contribution is -0.163. The molecule has 0 aromatic carbocycles. The summed E-state index contributed by atoms with van der Waals surface area (Å²) in [6.07, 6.45) is 75.6. The number of carbonyl (C=O) groups excluding carboxylic acids is 2. The van der Waals surface area contributed by atoms with Gasteiger partial charge in [-0.05, 0) is 122 Å². The van der Waals surface area contributed by atoms with Crippen LogP contribution in [0.1, 0.15) is 252 Å². The monoisotopic (exact) mass is 917 g/mol. The van der Waals surface area contributed by atoms with Gasteiger partial charge in [0, 0.05) is 19.4 Å². The van der Waals surface area contributed by atoms with Crippen LogP contribution in [-0.2, 0) is 23.8 Å². The third-order valence-electron chi connectivity index (χ3n) is 11.6. The first-order valence-electron chi connectivity index (χ1n) is 27.8. The van der Waals surface area contributed by atoms with E-state index in [1.165, 1.54) is 116 Å². The summed E-state index contributed by atoms with van der Waals surface area (Å²) in [6, 6.07) is 0. The normalized spacial score (nSPS) is 13.0. The van der Waals surface area contributed by atoms with Crippen molar-refractivity contribution in [3.8, 4) is 0 Å². The van der Waals surface area contributed by atoms with Gasteiger partial charge >= 0.3 is 11.9 Å². The maximum atomic E-state index is 12.8. The zero-order valence-electron chi connectivity index (χ0n) is 43.4. The van der Waals surface area contributed by atoms with Crippen molar-refractivity contribution in [2.75, 3.05) is 19.8 Å². The first kappa shape index (κ1) is 62.8. The van der Waals surface area contributed by atoms with Crippen LogP contribution in [0.2, 0.25) is 0 Å². The van der Waals surface area contributed by atoms with Gasteiger partial charge in [-0.3, -0.25) is 9.59 Å². The number of unbranched alkanes of at least 4 members (excludes halogenated alkanes) is 23. The maximum Gasteiger partial charge on any atom is 0.306 e. The van der Waals surface area contributed by atoms with Gasteiger partial charge in [0.25, 0.3) is 0 Å². The van der Waals surface area contributed by atoms with Crippen molar-refractivity contribution in [1.82, 2.24) is 0 Å². The van der Waals surface area contributed by atoms with Crippen molar-refractivity contribution in [3.05, 3.63) is 97.2 Å². The number of rotatable bonds is 50. The summed E-state index contributed by atoms with van der Waals surface area (Å²) in [7, 11) is 0. The zero-order chi connectivity index (χ0) is 47.7. The summed E-state index contributed by atoms with van der Waals surface area (Å²) in [5.74, 6) is -0.439. The third-order valence-corrected chi connectivity index (χ3v) is 11.6. The maximum absolute atomic E-state index is 12.8. The van der Waals surface area contributed by atoms with Crippen molar-refractivity contribution in [2.24, 2.45) is 0 Å². The molecule has 0 radical (unpaired) electrons. The number of carbonyl (C=O) groups is 2. The van der Waals surface area contributed by atoms with Gasteiger partial charge in [0.15, 0.2) is 6.10 Å². The minimum absolute atomic E-state index is 0.0605. The van der Waals surface area contributed by atoms with Crippen molar-refractivity contribution < 1.29 is 23.8 Å². The molecule has 0 aromatic rings. The molecule has 0 amide bonds. The molecule has 1 unspecified atom stereocenters. The lowest BCUT2D eigenvalue weighted by Crippen LogP contribution is -2.30. The number of hydrogen-bond donors (Lipinski definition) is 0. The highest BCUT2D eigenvalue weighted by Crippen LogP contribution is 2.13. The van der Waals surface area contributed by atoms with Gasteiger partial charge in [-0.15, -0.1) is 0 Å². The molecule has 5 nitrogen and oxygen atoms in total. The molecule has 0 bridgehead atoms. The number of hydrogen-bond acceptors (Lipinski definition) is 5. The van der Waals surface area contributed by atoms with Crippen LogP contribution in [0.3, 0.4) is 0 Å². The van der Waals surface area contributed by atoms with E-state index in [2.05, 4.69) is 118 Å². The average Bonchev–Trinajstić information content (AvgIpc) is 3.32. The van der Waals surface area contributed by atoms with E-state index in [1.807, 2.05) is 0 Å². The minimum Gasteiger partial charge on any atom is -0.462 e. The first-order chi connectivity index (χ1) is 32.6. The van der Waals surface area contributed by atoms with E-state index in [1.54, 1.807) is 0 Å². The summed E-state index contributed by atoms with van der Waals surface area (Å²) < 4.78 is 17.4. The molecule has 0 fully saturated rings. The van der Waals surface area contributed by atoms with Crippen molar-refractivity contribution in [3.63, 3.8) is 0 Å². The van der Waals surface area contributed by atoms with Gasteiger partial charge in [-0.1, -0.05) is 214 Å². The number of esters is 2. The standard InChI is InChI=1S/C61H104O5/c1-4-7-10-13-16-19-22-25-28-31-33-36-39-42-45-48-51-54-60(62)65-58-59(57-64-56-53-50-47-44-41-38-35-30-27-24-21-18-15-12-9-6-3)66-61(63)55-52-49-46-43-40-37-34-32-29-26-23-20-17-14-11-8-5-2/h7,10,16-21,25-30,33,36,59H,4-6,8-9,11-15,22-24,31-32,34-35,37-58H2,1-3H3/b10-7-,19-16-,20-17-,21-18-,28-25-,29-26-,30-27-,36-33-. The van der Waals surface area contributed by atoms with Crippen LogP contribution in [0.15, 0.2) is 97.2 Å². The second kappa shape index (κ2) is 56.1.